The maximum Gasteiger partial charge on any atom is 0.0476 e. The second-order valence-corrected chi connectivity index (χ2v) is 5.01. The zero-order chi connectivity index (χ0) is 13.0. The average molecular weight is 259 g/mol. The normalized spacial score (nSPS) is 10.6. The molecule has 0 nitrogen and oxygen atoms in total. The Labute approximate surface area is 115 Å². The summed E-state index contributed by atoms with van der Waals surface area (Å²) in [5.74, 6) is 0.592. The second-order valence-electron chi connectivity index (χ2n) is 4.74. The van der Waals surface area contributed by atoms with Crippen molar-refractivity contribution in [2.75, 3.05) is 0 Å². The third-order valence-corrected chi connectivity index (χ3v) is 3.68. The van der Waals surface area contributed by atoms with E-state index in [-0.39, 0.29) is 0 Å². The van der Waals surface area contributed by atoms with Crippen LogP contribution in [0.25, 0.3) is 0 Å². The highest BCUT2D eigenvalue weighted by atomic mass is 35.5. The summed E-state index contributed by atoms with van der Waals surface area (Å²) in [5.41, 5.74) is 6.59. The fourth-order valence-corrected chi connectivity index (χ4v) is 2.40. The van der Waals surface area contributed by atoms with Gasteiger partial charge in [-0.15, -0.1) is 11.6 Å². The first-order valence-electron chi connectivity index (χ1n) is 6.45. The molecule has 18 heavy (non-hydrogen) atoms. The van der Waals surface area contributed by atoms with Gasteiger partial charge in [-0.3, -0.25) is 0 Å². The zero-order valence-corrected chi connectivity index (χ0v) is 11.8. The molecule has 0 aliphatic heterocycles. The molecular weight excluding hydrogens is 240 g/mol. The number of halogens is 1. The maximum absolute atomic E-state index is 5.95. The number of rotatable bonds is 4. The molecule has 1 heteroatoms. The number of alkyl halides is 1. The van der Waals surface area contributed by atoms with Crippen LogP contribution in [-0.2, 0) is 18.7 Å². The van der Waals surface area contributed by atoms with Crippen molar-refractivity contribution in [2.24, 2.45) is 0 Å². The lowest BCUT2D eigenvalue weighted by atomic mass is 9.99. The molecule has 2 aromatic carbocycles. The molecule has 2 rings (SSSR count). The molecule has 0 aliphatic rings. The van der Waals surface area contributed by atoms with Crippen LogP contribution in [0.5, 0.6) is 0 Å². The first kappa shape index (κ1) is 13.2. The van der Waals surface area contributed by atoms with Gasteiger partial charge in [-0.05, 0) is 47.6 Å². The van der Waals surface area contributed by atoms with E-state index in [9.17, 15) is 0 Å². The molecule has 0 N–H and O–H groups in total. The van der Waals surface area contributed by atoms with Crippen molar-refractivity contribution >= 4 is 11.6 Å². The first-order chi connectivity index (χ1) is 8.72. The minimum Gasteiger partial charge on any atom is -0.122 e. The Balaban J connectivity index is 2.17. The van der Waals surface area contributed by atoms with Gasteiger partial charge in [0.15, 0.2) is 0 Å². The van der Waals surface area contributed by atoms with Crippen LogP contribution in [0.3, 0.4) is 0 Å². The number of aryl methyl sites for hydroxylation is 2. The summed E-state index contributed by atoms with van der Waals surface area (Å²) in [4.78, 5) is 0. The maximum atomic E-state index is 5.95. The van der Waals surface area contributed by atoms with Crippen molar-refractivity contribution < 1.29 is 0 Å². The van der Waals surface area contributed by atoms with Crippen LogP contribution in [-0.4, -0.2) is 0 Å². The Kier molecular flexibility index (Phi) is 4.43. The van der Waals surface area contributed by atoms with Gasteiger partial charge < -0.3 is 0 Å². The number of benzene rings is 2. The zero-order valence-electron chi connectivity index (χ0n) is 11.0. The van der Waals surface area contributed by atoms with Gasteiger partial charge in [0.05, 0.1) is 0 Å². The van der Waals surface area contributed by atoms with E-state index in [2.05, 4.69) is 56.3 Å². The Morgan fingerprint density at radius 1 is 0.889 bits per heavy atom. The van der Waals surface area contributed by atoms with E-state index in [1.165, 1.54) is 27.8 Å². The number of hydrogen-bond donors (Lipinski definition) is 0. The molecule has 0 radical (unpaired) electrons. The summed E-state index contributed by atoms with van der Waals surface area (Å²) >= 11 is 5.95. The van der Waals surface area contributed by atoms with Crippen molar-refractivity contribution in [3.8, 4) is 0 Å². The Morgan fingerprint density at radius 3 is 2.11 bits per heavy atom. The molecule has 94 valence electrons. The summed E-state index contributed by atoms with van der Waals surface area (Å²) in [6.07, 6.45) is 2.08. The first-order valence-corrected chi connectivity index (χ1v) is 6.98. The SMILES string of the molecule is CCc1ccc(Cc2ccc(C)c(CCl)c2)cc1. The Morgan fingerprint density at radius 2 is 1.50 bits per heavy atom. The molecule has 0 spiro atoms. The lowest BCUT2D eigenvalue weighted by Crippen LogP contribution is -1.92. The lowest BCUT2D eigenvalue weighted by molar-refractivity contribution is 1.11. The molecule has 0 saturated heterocycles. The lowest BCUT2D eigenvalue weighted by Gasteiger charge is -2.07. The standard InChI is InChI=1S/C17H19Cl/c1-3-14-6-8-15(9-7-14)10-16-5-4-13(2)17(11-16)12-18/h4-9,11H,3,10,12H2,1-2H3. The largest absolute Gasteiger partial charge is 0.122 e. The molecule has 0 aliphatic carbocycles. The van der Waals surface area contributed by atoms with Gasteiger partial charge in [-0.25, -0.2) is 0 Å². The van der Waals surface area contributed by atoms with Gasteiger partial charge in [0.1, 0.15) is 0 Å². The predicted octanol–water partition coefficient (Wildman–Crippen LogP) is 4.89. The molecule has 0 amide bonds. The molecule has 0 heterocycles. The van der Waals surface area contributed by atoms with E-state index in [1.807, 2.05) is 0 Å². The topological polar surface area (TPSA) is 0 Å². The second kappa shape index (κ2) is 6.06. The summed E-state index contributed by atoms with van der Waals surface area (Å²) in [7, 11) is 0. The fourth-order valence-electron chi connectivity index (χ4n) is 2.11. The summed E-state index contributed by atoms with van der Waals surface area (Å²) < 4.78 is 0. The van der Waals surface area contributed by atoms with Gasteiger partial charge >= 0.3 is 0 Å². The van der Waals surface area contributed by atoms with Gasteiger partial charge in [0, 0.05) is 5.88 Å². The summed E-state index contributed by atoms with van der Waals surface area (Å²) in [6, 6.07) is 15.4. The van der Waals surface area contributed by atoms with Crippen molar-refractivity contribution in [2.45, 2.75) is 32.6 Å². The molecular formula is C17H19Cl. The predicted molar refractivity (Wildman–Crippen MR) is 79.4 cm³/mol. The van der Waals surface area contributed by atoms with Crippen molar-refractivity contribution in [3.63, 3.8) is 0 Å². The van der Waals surface area contributed by atoms with Crippen molar-refractivity contribution in [1.82, 2.24) is 0 Å². The van der Waals surface area contributed by atoms with Crippen LogP contribution in [0.1, 0.15) is 34.7 Å². The molecule has 0 fully saturated rings. The molecule has 0 aromatic heterocycles. The van der Waals surface area contributed by atoms with Crippen LogP contribution < -0.4 is 0 Å². The van der Waals surface area contributed by atoms with E-state index in [1.54, 1.807) is 0 Å². The van der Waals surface area contributed by atoms with Crippen molar-refractivity contribution in [3.05, 3.63) is 70.3 Å². The minimum absolute atomic E-state index is 0.592. The Hall–Kier alpha value is -1.27. The van der Waals surface area contributed by atoms with Crippen LogP contribution in [0.4, 0.5) is 0 Å². The van der Waals surface area contributed by atoms with E-state index in [0.717, 1.165) is 12.8 Å². The van der Waals surface area contributed by atoms with Crippen LogP contribution in [0, 0.1) is 6.92 Å². The van der Waals surface area contributed by atoms with E-state index in [0.29, 0.717) is 5.88 Å². The molecule has 0 bridgehead atoms. The quantitative estimate of drug-likeness (QED) is 0.685. The molecule has 2 aromatic rings. The summed E-state index contributed by atoms with van der Waals surface area (Å²) in [6.45, 7) is 4.29. The van der Waals surface area contributed by atoms with Crippen LogP contribution >= 0.6 is 11.6 Å². The van der Waals surface area contributed by atoms with Gasteiger partial charge in [0.2, 0.25) is 0 Å². The third-order valence-electron chi connectivity index (χ3n) is 3.40. The van der Waals surface area contributed by atoms with E-state index < -0.39 is 0 Å². The third kappa shape index (κ3) is 3.14. The molecule has 0 unspecified atom stereocenters. The average Bonchev–Trinajstić information content (AvgIpc) is 2.42. The molecule has 0 saturated carbocycles. The highest BCUT2D eigenvalue weighted by Crippen LogP contribution is 2.17. The fraction of sp³-hybridized carbons (Fsp3) is 0.294. The van der Waals surface area contributed by atoms with Gasteiger partial charge in [0.25, 0.3) is 0 Å². The summed E-state index contributed by atoms with van der Waals surface area (Å²) in [5, 5.41) is 0. The van der Waals surface area contributed by atoms with Gasteiger partial charge in [-0.1, -0.05) is 49.4 Å². The number of hydrogen-bond acceptors (Lipinski definition) is 0. The van der Waals surface area contributed by atoms with Gasteiger partial charge in [-0.2, -0.15) is 0 Å². The Bertz CT molecular complexity index is 512. The highest BCUT2D eigenvalue weighted by molar-refractivity contribution is 6.17. The smallest absolute Gasteiger partial charge is 0.0476 e. The van der Waals surface area contributed by atoms with Crippen LogP contribution in [0.15, 0.2) is 42.5 Å². The van der Waals surface area contributed by atoms with Crippen molar-refractivity contribution in [1.29, 1.82) is 0 Å². The monoisotopic (exact) mass is 258 g/mol. The minimum atomic E-state index is 0.592. The molecule has 0 atom stereocenters. The van der Waals surface area contributed by atoms with Crippen LogP contribution in [0.2, 0.25) is 0 Å². The highest BCUT2D eigenvalue weighted by Gasteiger charge is 2.01. The van der Waals surface area contributed by atoms with E-state index in [4.69, 9.17) is 11.6 Å². The van der Waals surface area contributed by atoms with E-state index >= 15 is 0 Å².